The molecule has 1 fully saturated rings. The zero-order valence-corrected chi connectivity index (χ0v) is 20.0. The molecule has 3 N–H and O–H groups in total. The van der Waals surface area contributed by atoms with Crippen molar-refractivity contribution in [2.24, 2.45) is 5.73 Å². The van der Waals surface area contributed by atoms with Crippen LogP contribution in [0.4, 0.5) is 18.0 Å². The first-order chi connectivity index (χ1) is 16.4. The van der Waals surface area contributed by atoms with Crippen molar-refractivity contribution in [2.75, 3.05) is 32.7 Å². The molecule has 0 bridgehead atoms. The van der Waals surface area contributed by atoms with E-state index >= 15 is 0 Å². The Hall–Kier alpha value is -3.34. The third kappa shape index (κ3) is 6.21. The molecule has 2 aromatic rings. The number of amides is 3. The second-order valence-corrected chi connectivity index (χ2v) is 8.92. The van der Waals surface area contributed by atoms with Gasteiger partial charge in [0.05, 0.1) is 23.4 Å². The number of alkyl halides is 3. The molecule has 190 valence electrons. The number of ketones is 1. The van der Waals surface area contributed by atoms with Gasteiger partial charge in [-0.2, -0.15) is 13.2 Å². The number of piperazine rings is 1. The molecule has 0 aliphatic carbocycles. The van der Waals surface area contributed by atoms with Crippen LogP contribution in [0.1, 0.15) is 51.5 Å². The number of nitrogens with zero attached hydrogens (tertiary/aromatic N) is 3. The van der Waals surface area contributed by atoms with E-state index in [1.54, 1.807) is 11.8 Å². The molecule has 0 unspecified atom stereocenters. The van der Waals surface area contributed by atoms with Crippen molar-refractivity contribution in [3.63, 3.8) is 0 Å². The second kappa shape index (κ2) is 10.5. The van der Waals surface area contributed by atoms with Crippen molar-refractivity contribution in [3.05, 3.63) is 58.4 Å². The zero-order chi connectivity index (χ0) is 25.9. The normalized spacial score (nSPS) is 14.9. The summed E-state index contributed by atoms with van der Waals surface area (Å²) >= 11 is 0. The number of nitrogens with two attached hydrogens (primary N) is 1. The molecule has 1 aliphatic rings. The van der Waals surface area contributed by atoms with E-state index in [1.807, 2.05) is 18.7 Å². The van der Waals surface area contributed by atoms with E-state index in [-0.39, 0.29) is 47.8 Å². The SMILES string of the molecule is Cc1c(C(N)=O)cc(C(=O)CN2CCN(C(=O)NC(C)C)CC2)n1Cc1ccccc1C(F)(F)F. The van der Waals surface area contributed by atoms with Crippen molar-refractivity contribution in [2.45, 2.75) is 39.5 Å². The molecule has 0 saturated carbocycles. The quantitative estimate of drug-likeness (QED) is 0.580. The number of primary amides is 1. The van der Waals surface area contributed by atoms with Crippen molar-refractivity contribution in [1.82, 2.24) is 19.7 Å². The molecule has 2 heterocycles. The molecule has 1 aromatic heterocycles. The average molecular weight is 494 g/mol. The average Bonchev–Trinajstić information content (AvgIpc) is 3.10. The third-order valence-electron chi connectivity index (χ3n) is 6.01. The number of Topliss-reactive ketones (excluding diaryl/α,β-unsaturated/α-hetero) is 1. The first-order valence-electron chi connectivity index (χ1n) is 11.3. The van der Waals surface area contributed by atoms with Crippen LogP contribution >= 0.6 is 0 Å². The monoisotopic (exact) mass is 493 g/mol. The van der Waals surface area contributed by atoms with Crippen LogP contribution in [0.3, 0.4) is 0 Å². The summed E-state index contributed by atoms with van der Waals surface area (Å²) in [5, 5.41) is 2.83. The van der Waals surface area contributed by atoms with E-state index in [2.05, 4.69) is 5.32 Å². The number of hydrogen-bond donors (Lipinski definition) is 2. The zero-order valence-electron chi connectivity index (χ0n) is 20.0. The first-order valence-corrected chi connectivity index (χ1v) is 11.3. The Bertz CT molecular complexity index is 1100. The van der Waals surface area contributed by atoms with Crippen molar-refractivity contribution in [3.8, 4) is 0 Å². The standard InChI is InChI=1S/C24H30F3N5O3/c1-15(2)29-23(35)31-10-8-30(9-11-31)14-21(33)20-12-18(22(28)34)16(3)32(20)13-17-6-4-5-7-19(17)24(25,26)27/h4-7,12,15H,8-11,13-14H2,1-3H3,(H2,28,34)(H,29,35). The summed E-state index contributed by atoms with van der Waals surface area (Å²) in [6.07, 6.45) is -4.56. The maximum Gasteiger partial charge on any atom is 0.416 e. The van der Waals surface area contributed by atoms with Gasteiger partial charge < -0.3 is 20.5 Å². The lowest BCUT2D eigenvalue weighted by Gasteiger charge is -2.34. The van der Waals surface area contributed by atoms with Crippen LogP contribution in [0.25, 0.3) is 0 Å². The minimum Gasteiger partial charge on any atom is -0.366 e. The fourth-order valence-corrected chi connectivity index (χ4v) is 4.17. The molecule has 0 radical (unpaired) electrons. The van der Waals surface area contributed by atoms with Crippen LogP contribution in [-0.2, 0) is 12.7 Å². The predicted molar refractivity (Wildman–Crippen MR) is 124 cm³/mol. The van der Waals surface area contributed by atoms with Gasteiger partial charge in [0.15, 0.2) is 5.78 Å². The number of urea groups is 1. The van der Waals surface area contributed by atoms with Gasteiger partial charge in [0.1, 0.15) is 0 Å². The fourth-order valence-electron chi connectivity index (χ4n) is 4.17. The Morgan fingerprint density at radius 2 is 1.71 bits per heavy atom. The van der Waals surface area contributed by atoms with Crippen molar-refractivity contribution < 1.29 is 27.6 Å². The van der Waals surface area contributed by atoms with Gasteiger partial charge >= 0.3 is 12.2 Å². The lowest BCUT2D eigenvalue weighted by Crippen LogP contribution is -2.53. The number of carbonyl (C=O) groups excluding carboxylic acids is 3. The van der Waals surface area contributed by atoms with Crippen LogP contribution in [0.2, 0.25) is 0 Å². The summed E-state index contributed by atoms with van der Waals surface area (Å²) in [4.78, 5) is 40.9. The Balaban J connectivity index is 1.80. The number of halogens is 3. The van der Waals surface area contributed by atoms with Gasteiger partial charge in [-0.15, -0.1) is 0 Å². The van der Waals surface area contributed by atoms with Gasteiger partial charge in [-0.3, -0.25) is 14.5 Å². The smallest absolute Gasteiger partial charge is 0.366 e. The molecule has 3 amide bonds. The lowest BCUT2D eigenvalue weighted by atomic mass is 10.1. The Labute approximate surface area is 201 Å². The van der Waals surface area contributed by atoms with Crippen LogP contribution in [0.15, 0.2) is 30.3 Å². The number of aromatic nitrogens is 1. The molecular formula is C24H30F3N5O3. The summed E-state index contributed by atoms with van der Waals surface area (Å²) in [6, 6.07) is 6.33. The van der Waals surface area contributed by atoms with Crippen molar-refractivity contribution >= 4 is 17.7 Å². The molecule has 1 aliphatic heterocycles. The number of nitrogens with one attached hydrogen (secondary N) is 1. The molecule has 35 heavy (non-hydrogen) atoms. The fraction of sp³-hybridized carbons (Fsp3) is 0.458. The topological polar surface area (TPSA) is 101 Å². The van der Waals surface area contributed by atoms with Gasteiger partial charge in [-0.1, -0.05) is 18.2 Å². The Morgan fingerprint density at radius 1 is 1.09 bits per heavy atom. The molecule has 8 nitrogen and oxygen atoms in total. The van der Waals surface area contributed by atoms with Gasteiger partial charge in [-0.25, -0.2) is 4.79 Å². The minimum absolute atomic E-state index is 0.00219. The van der Waals surface area contributed by atoms with Gasteiger partial charge in [0.25, 0.3) is 5.91 Å². The van der Waals surface area contributed by atoms with Crippen LogP contribution in [-0.4, -0.2) is 70.9 Å². The van der Waals surface area contributed by atoms with Gasteiger partial charge in [0, 0.05) is 44.5 Å². The minimum atomic E-state index is -4.56. The largest absolute Gasteiger partial charge is 0.416 e. The molecule has 3 rings (SSSR count). The predicted octanol–water partition coefficient (Wildman–Crippen LogP) is 2.88. The van der Waals surface area contributed by atoms with E-state index in [0.717, 1.165) is 6.07 Å². The maximum atomic E-state index is 13.5. The highest BCUT2D eigenvalue weighted by Crippen LogP contribution is 2.33. The van der Waals surface area contributed by atoms with Crippen LogP contribution in [0.5, 0.6) is 0 Å². The summed E-state index contributed by atoms with van der Waals surface area (Å²) in [6.45, 7) is 6.89. The van der Waals surface area contributed by atoms with Crippen LogP contribution < -0.4 is 11.1 Å². The van der Waals surface area contributed by atoms with E-state index in [9.17, 15) is 27.6 Å². The first kappa shape index (κ1) is 26.3. The third-order valence-corrected chi connectivity index (χ3v) is 6.01. The van der Waals surface area contributed by atoms with Crippen LogP contribution in [0, 0.1) is 6.92 Å². The molecule has 0 spiro atoms. The highest BCUT2D eigenvalue weighted by molar-refractivity contribution is 6.01. The summed E-state index contributed by atoms with van der Waals surface area (Å²) in [5.74, 6) is -1.10. The lowest BCUT2D eigenvalue weighted by molar-refractivity contribution is -0.138. The highest BCUT2D eigenvalue weighted by atomic mass is 19.4. The summed E-state index contributed by atoms with van der Waals surface area (Å²) < 4.78 is 42.0. The van der Waals surface area contributed by atoms with Gasteiger partial charge in [-0.05, 0) is 38.5 Å². The summed E-state index contributed by atoms with van der Waals surface area (Å²) in [5.41, 5.74) is 5.17. The number of rotatable bonds is 7. The maximum absolute atomic E-state index is 13.5. The van der Waals surface area contributed by atoms with E-state index in [4.69, 9.17) is 5.73 Å². The van der Waals surface area contributed by atoms with E-state index < -0.39 is 17.6 Å². The number of benzene rings is 1. The summed E-state index contributed by atoms with van der Waals surface area (Å²) in [7, 11) is 0. The number of carbonyl (C=O) groups is 3. The number of hydrogen-bond acceptors (Lipinski definition) is 4. The van der Waals surface area contributed by atoms with E-state index in [1.165, 1.54) is 28.8 Å². The molecule has 1 aromatic carbocycles. The Kier molecular flexibility index (Phi) is 7.89. The molecular weight excluding hydrogens is 463 g/mol. The highest BCUT2D eigenvalue weighted by Gasteiger charge is 2.33. The second-order valence-electron chi connectivity index (χ2n) is 8.92. The molecule has 11 heteroatoms. The van der Waals surface area contributed by atoms with Crippen molar-refractivity contribution in [1.29, 1.82) is 0 Å². The van der Waals surface area contributed by atoms with Gasteiger partial charge in [0.2, 0.25) is 0 Å². The molecule has 1 saturated heterocycles. The van der Waals surface area contributed by atoms with E-state index in [0.29, 0.717) is 31.9 Å². The Morgan fingerprint density at radius 3 is 2.29 bits per heavy atom. The molecule has 0 atom stereocenters.